The Morgan fingerprint density at radius 2 is 1.78 bits per heavy atom. The summed E-state index contributed by atoms with van der Waals surface area (Å²) in [4.78, 5) is 35.7. The molecule has 0 aliphatic heterocycles. The van der Waals surface area contributed by atoms with Gasteiger partial charge in [-0.1, -0.05) is 31.4 Å². The van der Waals surface area contributed by atoms with Gasteiger partial charge in [-0.25, -0.2) is 9.59 Å². The van der Waals surface area contributed by atoms with Gasteiger partial charge in [-0.2, -0.15) is 0 Å². The molecule has 1 fully saturated rings. The SMILES string of the molecule is COc1ccc(/C=C/C(=O)O[C@@H](C)C(=O)NC(=O)NC2CCCCC2)cc1. The van der Waals surface area contributed by atoms with E-state index < -0.39 is 24.0 Å². The van der Waals surface area contributed by atoms with Gasteiger partial charge in [-0.3, -0.25) is 10.1 Å². The lowest BCUT2D eigenvalue weighted by atomic mass is 9.96. The summed E-state index contributed by atoms with van der Waals surface area (Å²) in [6.07, 6.45) is 6.90. The summed E-state index contributed by atoms with van der Waals surface area (Å²) in [5, 5.41) is 4.99. The maximum atomic E-state index is 12.0. The van der Waals surface area contributed by atoms with Crippen LogP contribution in [0.25, 0.3) is 6.08 Å². The van der Waals surface area contributed by atoms with E-state index >= 15 is 0 Å². The molecule has 146 valence electrons. The first kappa shape index (κ1) is 20.5. The van der Waals surface area contributed by atoms with Crippen molar-refractivity contribution in [3.05, 3.63) is 35.9 Å². The Kier molecular flexibility index (Phi) is 7.85. The van der Waals surface area contributed by atoms with Crippen LogP contribution in [0.4, 0.5) is 4.79 Å². The Morgan fingerprint density at radius 3 is 2.41 bits per heavy atom. The minimum atomic E-state index is -1.07. The number of urea groups is 1. The first-order valence-corrected chi connectivity index (χ1v) is 9.12. The van der Waals surface area contributed by atoms with Gasteiger partial charge in [-0.05, 0) is 43.5 Å². The minimum absolute atomic E-state index is 0.0943. The number of methoxy groups -OCH3 is 1. The number of esters is 1. The molecule has 0 saturated heterocycles. The quantitative estimate of drug-likeness (QED) is 0.590. The molecule has 27 heavy (non-hydrogen) atoms. The maximum Gasteiger partial charge on any atom is 0.331 e. The summed E-state index contributed by atoms with van der Waals surface area (Å²) in [6, 6.07) is 6.65. The lowest BCUT2D eigenvalue weighted by Gasteiger charge is -2.23. The average Bonchev–Trinajstić information content (AvgIpc) is 2.67. The van der Waals surface area contributed by atoms with E-state index in [9.17, 15) is 14.4 Å². The van der Waals surface area contributed by atoms with Crippen LogP contribution in [0, 0.1) is 0 Å². The van der Waals surface area contributed by atoms with Crippen molar-refractivity contribution in [2.45, 2.75) is 51.2 Å². The molecule has 0 aromatic heterocycles. The maximum absolute atomic E-state index is 12.0. The highest BCUT2D eigenvalue weighted by Gasteiger charge is 2.21. The van der Waals surface area contributed by atoms with Gasteiger partial charge in [0.05, 0.1) is 7.11 Å². The largest absolute Gasteiger partial charge is 0.497 e. The predicted molar refractivity (Wildman–Crippen MR) is 101 cm³/mol. The van der Waals surface area contributed by atoms with E-state index in [1.807, 2.05) is 0 Å². The van der Waals surface area contributed by atoms with E-state index in [0.29, 0.717) is 5.75 Å². The van der Waals surface area contributed by atoms with Gasteiger partial charge >= 0.3 is 12.0 Å². The summed E-state index contributed by atoms with van der Waals surface area (Å²) in [6.45, 7) is 1.42. The molecular formula is C20H26N2O5. The molecule has 1 aromatic carbocycles. The van der Waals surface area contributed by atoms with Crippen LogP contribution in [0.5, 0.6) is 5.75 Å². The number of carbonyl (C=O) groups is 3. The van der Waals surface area contributed by atoms with Crippen molar-refractivity contribution in [3.8, 4) is 5.75 Å². The summed E-state index contributed by atoms with van der Waals surface area (Å²) in [5.74, 6) is -0.609. The Morgan fingerprint density at radius 1 is 1.11 bits per heavy atom. The predicted octanol–water partition coefficient (Wildman–Crippen LogP) is 2.80. The van der Waals surface area contributed by atoms with E-state index in [2.05, 4.69) is 10.6 Å². The van der Waals surface area contributed by atoms with Crippen molar-refractivity contribution >= 4 is 24.0 Å². The second-order valence-corrected chi connectivity index (χ2v) is 6.48. The third kappa shape index (κ3) is 7.13. The number of hydrogen-bond donors (Lipinski definition) is 2. The van der Waals surface area contributed by atoms with Gasteiger partial charge in [-0.15, -0.1) is 0 Å². The Labute approximate surface area is 159 Å². The van der Waals surface area contributed by atoms with Crippen molar-refractivity contribution in [1.82, 2.24) is 10.6 Å². The van der Waals surface area contributed by atoms with Crippen molar-refractivity contribution in [2.75, 3.05) is 7.11 Å². The Bertz CT molecular complexity index is 678. The van der Waals surface area contributed by atoms with Crippen LogP contribution in [0.2, 0.25) is 0 Å². The molecule has 1 atom stereocenters. The van der Waals surface area contributed by atoms with Gasteiger partial charge in [0.1, 0.15) is 5.75 Å². The third-order valence-electron chi connectivity index (χ3n) is 4.37. The highest BCUT2D eigenvalue weighted by molar-refractivity contribution is 5.98. The zero-order chi connectivity index (χ0) is 19.6. The summed E-state index contributed by atoms with van der Waals surface area (Å²) in [7, 11) is 1.57. The smallest absolute Gasteiger partial charge is 0.331 e. The van der Waals surface area contributed by atoms with Crippen molar-refractivity contribution < 1.29 is 23.9 Å². The molecule has 0 heterocycles. The number of imide groups is 1. The van der Waals surface area contributed by atoms with Gasteiger partial charge in [0.25, 0.3) is 5.91 Å². The first-order valence-electron chi connectivity index (χ1n) is 9.12. The topological polar surface area (TPSA) is 93.7 Å². The fourth-order valence-corrected chi connectivity index (χ4v) is 2.83. The molecule has 0 bridgehead atoms. The van der Waals surface area contributed by atoms with Gasteiger partial charge < -0.3 is 14.8 Å². The van der Waals surface area contributed by atoms with E-state index in [1.54, 1.807) is 37.5 Å². The van der Waals surface area contributed by atoms with Crippen LogP contribution in [-0.2, 0) is 14.3 Å². The first-order chi connectivity index (χ1) is 13.0. The molecule has 1 aliphatic rings. The standard InChI is InChI=1S/C20H26N2O5/c1-14(19(24)22-20(25)21-16-6-4-3-5-7-16)27-18(23)13-10-15-8-11-17(26-2)12-9-15/h8-14,16H,3-7H2,1-2H3,(H2,21,22,24,25)/b13-10+/t14-/m0/s1. The molecule has 0 spiro atoms. The number of carbonyl (C=O) groups excluding carboxylic acids is 3. The molecule has 7 nitrogen and oxygen atoms in total. The second kappa shape index (κ2) is 10.4. The third-order valence-corrected chi connectivity index (χ3v) is 4.37. The Balaban J connectivity index is 1.75. The van der Waals surface area contributed by atoms with Crippen molar-refractivity contribution in [3.63, 3.8) is 0 Å². The number of nitrogens with one attached hydrogen (secondary N) is 2. The summed E-state index contributed by atoms with van der Waals surface area (Å²) >= 11 is 0. The van der Waals surface area contributed by atoms with E-state index in [4.69, 9.17) is 9.47 Å². The fourth-order valence-electron chi connectivity index (χ4n) is 2.83. The molecule has 0 unspecified atom stereocenters. The number of amides is 3. The lowest BCUT2D eigenvalue weighted by molar-refractivity contribution is -0.149. The summed E-state index contributed by atoms with van der Waals surface area (Å²) < 4.78 is 10.1. The summed E-state index contributed by atoms with van der Waals surface area (Å²) in [5.41, 5.74) is 0.789. The van der Waals surface area contributed by atoms with Crippen LogP contribution in [0.1, 0.15) is 44.6 Å². The minimum Gasteiger partial charge on any atom is -0.497 e. The monoisotopic (exact) mass is 374 g/mol. The van der Waals surface area contributed by atoms with Crippen LogP contribution in [0.3, 0.4) is 0 Å². The molecule has 1 aliphatic carbocycles. The van der Waals surface area contributed by atoms with Crippen molar-refractivity contribution in [2.24, 2.45) is 0 Å². The van der Waals surface area contributed by atoms with E-state index in [0.717, 1.165) is 31.2 Å². The second-order valence-electron chi connectivity index (χ2n) is 6.48. The van der Waals surface area contributed by atoms with Gasteiger partial charge in [0.2, 0.25) is 0 Å². The Hall–Kier alpha value is -2.83. The number of hydrogen-bond acceptors (Lipinski definition) is 5. The van der Waals surface area contributed by atoms with Gasteiger partial charge in [0.15, 0.2) is 6.10 Å². The van der Waals surface area contributed by atoms with Crippen LogP contribution < -0.4 is 15.4 Å². The fraction of sp³-hybridized carbons (Fsp3) is 0.450. The molecule has 1 saturated carbocycles. The van der Waals surface area contributed by atoms with Gasteiger partial charge in [0, 0.05) is 12.1 Å². The highest BCUT2D eigenvalue weighted by Crippen LogP contribution is 2.17. The lowest BCUT2D eigenvalue weighted by Crippen LogP contribution is -2.48. The van der Waals surface area contributed by atoms with Crippen molar-refractivity contribution in [1.29, 1.82) is 0 Å². The molecule has 2 rings (SSSR count). The number of rotatable bonds is 6. The molecule has 0 radical (unpaired) electrons. The van der Waals surface area contributed by atoms with E-state index in [1.165, 1.54) is 19.4 Å². The average molecular weight is 374 g/mol. The zero-order valence-electron chi connectivity index (χ0n) is 15.7. The van der Waals surface area contributed by atoms with E-state index in [-0.39, 0.29) is 6.04 Å². The number of benzene rings is 1. The van der Waals surface area contributed by atoms with Crippen LogP contribution in [0.15, 0.2) is 30.3 Å². The molecule has 2 N–H and O–H groups in total. The zero-order valence-corrected chi connectivity index (χ0v) is 15.7. The normalized spacial score (nSPS) is 15.8. The molecule has 7 heteroatoms. The molecule has 3 amide bonds. The van der Waals surface area contributed by atoms with Crippen LogP contribution >= 0.6 is 0 Å². The molecular weight excluding hydrogens is 348 g/mol. The van der Waals surface area contributed by atoms with Crippen LogP contribution in [-0.4, -0.2) is 37.2 Å². The number of ether oxygens (including phenoxy) is 2. The highest BCUT2D eigenvalue weighted by atomic mass is 16.5. The molecule has 1 aromatic rings.